The van der Waals surface area contributed by atoms with Crippen molar-refractivity contribution in [2.45, 2.75) is 63.7 Å². The molecule has 0 bridgehead atoms. The number of carbonyl (C=O) groups is 1. The maximum absolute atomic E-state index is 12.7. The van der Waals surface area contributed by atoms with Gasteiger partial charge in [-0.3, -0.25) is 4.79 Å². The maximum atomic E-state index is 12.7. The summed E-state index contributed by atoms with van der Waals surface area (Å²) in [5.41, 5.74) is 1.18. The molecule has 1 aromatic rings. The molecule has 144 valence electrons. The standard InChI is InChI=1S/C20H29NO4S/c1-2-24-20-16(8-5-10-22)17(14-9-11-26-13-14)12-18(25-20)19(23)21-15-6-3-4-7-15/h9,11-13,15-17,20,22H,2-8,10H2,1H3,(H,21,23)/t16-,17-,20-/m1/s1. The van der Waals surface area contributed by atoms with Crippen molar-refractivity contribution in [2.24, 2.45) is 5.92 Å². The van der Waals surface area contributed by atoms with Gasteiger partial charge in [-0.15, -0.1) is 0 Å². The maximum Gasteiger partial charge on any atom is 0.286 e. The average Bonchev–Trinajstić information content (AvgIpc) is 3.34. The van der Waals surface area contributed by atoms with Crippen LogP contribution in [-0.2, 0) is 14.3 Å². The third-order valence-corrected chi connectivity index (χ3v) is 5.96. The predicted octanol–water partition coefficient (Wildman–Crippen LogP) is 3.56. The number of hydrogen-bond donors (Lipinski definition) is 2. The van der Waals surface area contributed by atoms with E-state index >= 15 is 0 Å². The second-order valence-electron chi connectivity index (χ2n) is 7.04. The summed E-state index contributed by atoms with van der Waals surface area (Å²) in [5, 5.41) is 16.6. The first kappa shape index (κ1) is 19.4. The number of nitrogens with one attached hydrogen (secondary N) is 1. The Bertz CT molecular complexity index is 595. The lowest BCUT2D eigenvalue weighted by atomic mass is 9.81. The van der Waals surface area contributed by atoms with E-state index in [0.29, 0.717) is 18.8 Å². The molecule has 5 nitrogen and oxygen atoms in total. The first-order valence-electron chi connectivity index (χ1n) is 9.66. The van der Waals surface area contributed by atoms with Crippen LogP contribution in [0.5, 0.6) is 0 Å². The summed E-state index contributed by atoms with van der Waals surface area (Å²) in [7, 11) is 0. The highest BCUT2D eigenvalue weighted by Gasteiger charge is 2.38. The zero-order valence-electron chi connectivity index (χ0n) is 15.4. The van der Waals surface area contributed by atoms with Gasteiger partial charge < -0.3 is 19.9 Å². The Morgan fingerprint density at radius 3 is 2.88 bits per heavy atom. The van der Waals surface area contributed by atoms with Gasteiger partial charge in [0.15, 0.2) is 5.76 Å². The Balaban J connectivity index is 1.82. The molecule has 2 aliphatic rings. The summed E-state index contributed by atoms with van der Waals surface area (Å²) < 4.78 is 11.8. The third-order valence-electron chi connectivity index (χ3n) is 5.25. The molecule has 1 aliphatic heterocycles. The van der Waals surface area contributed by atoms with E-state index in [9.17, 15) is 9.90 Å². The van der Waals surface area contributed by atoms with E-state index in [1.54, 1.807) is 11.3 Å². The fourth-order valence-corrected chi connectivity index (χ4v) is 4.64. The minimum Gasteiger partial charge on any atom is -0.459 e. The van der Waals surface area contributed by atoms with E-state index in [1.165, 1.54) is 18.4 Å². The Hall–Kier alpha value is -1.37. The van der Waals surface area contributed by atoms with Crippen molar-refractivity contribution in [2.75, 3.05) is 13.2 Å². The number of ether oxygens (including phenoxy) is 2. The van der Waals surface area contributed by atoms with Crippen molar-refractivity contribution < 1.29 is 19.4 Å². The highest BCUT2D eigenvalue weighted by atomic mass is 32.1. The summed E-state index contributed by atoms with van der Waals surface area (Å²) >= 11 is 1.65. The zero-order valence-corrected chi connectivity index (χ0v) is 16.2. The molecule has 3 rings (SSSR count). The highest BCUT2D eigenvalue weighted by molar-refractivity contribution is 7.08. The van der Waals surface area contributed by atoms with Crippen molar-refractivity contribution in [1.82, 2.24) is 5.32 Å². The van der Waals surface area contributed by atoms with Crippen LogP contribution in [0.3, 0.4) is 0 Å². The Kier molecular flexibility index (Phi) is 7.11. The van der Waals surface area contributed by atoms with Gasteiger partial charge in [-0.1, -0.05) is 12.8 Å². The lowest BCUT2D eigenvalue weighted by Gasteiger charge is -2.36. The number of hydrogen-bond acceptors (Lipinski definition) is 5. The van der Waals surface area contributed by atoms with Crippen molar-refractivity contribution >= 4 is 17.2 Å². The van der Waals surface area contributed by atoms with Gasteiger partial charge in [-0.2, -0.15) is 11.3 Å². The van der Waals surface area contributed by atoms with Crippen LogP contribution >= 0.6 is 11.3 Å². The second kappa shape index (κ2) is 9.53. The quantitative estimate of drug-likeness (QED) is 0.725. The molecule has 1 fully saturated rings. The van der Waals surface area contributed by atoms with Gasteiger partial charge in [-0.05, 0) is 61.1 Å². The van der Waals surface area contributed by atoms with Gasteiger partial charge in [0.25, 0.3) is 5.91 Å². The molecule has 1 amide bonds. The minimum absolute atomic E-state index is 0.0578. The van der Waals surface area contributed by atoms with Crippen LogP contribution in [0.1, 0.15) is 56.9 Å². The van der Waals surface area contributed by atoms with Gasteiger partial charge in [0.05, 0.1) is 0 Å². The molecule has 2 N–H and O–H groups in total. The zero-order chi connectivity index (χ0) is 18.4. The second-order valence-corrected chi connectivity index (χ2v) is 7.82. The van der Waals surface area contributed by atoms with E-state index in [0.717, 1.165) is 19.3 Å². The van der Waals surface area contributed by atoms with Crippen LogP contribution < -0.4 is 5.32 Å². The molecule has 0 aromatic carbocycles. The van der Waals surface area contributed by atoms with Crippen molar-refractivity contribution in [3.05, 3.63) is 34.2 Å². The molecule has 1 aromatic heterocycles. The number of amides is 1. The third kappa shape index (κ3) is 4.67. The topological polar surface area (TPSA) is 67.8 Å². The molecule has 0 saturated heterocycles. The largest absolute Gasteiger partial charge is 0.459 e. The Labute approximate surface area is 159 Å². The minimum atomic E-state index is -0.467. The number of aliphatic hydroxyl groups excluding tert-OH is 1. The van der Waals surface area contributed by atoms with E-state index < -0.39 is 6.29 Å². The molecular formula is C20H29NO4S. The molecule has 0 spiro atoms. The van der Waals surface area contributed by atoms with Crippen LogP contribution in [0.4, 0.5) is 0 Å². The van der Waals surface area contributed by atoms with Crippen molar-refractivity contribution in [3.8, 4) is 0 Å². The number of allylic oxidation sites excluding steroid dienone is 1. The van der Waals surface area contributed by atoms with Crippen LogP contribution in [0.25, 0.3) is 0 Å². The summed E-state index contributed by atoms with van der Waals surface area (Å²) in [6, 6.07) is 2.35. The number of thiophene rings is 1. The lowest BCUT2D eigenvalue weighted by Crippen LogP contribution is -2.41. The molecule has 1 aliphatic carbocycles. The molecule has 6 heteroatoms. The van der Waals surface area contributed by atoms with Crippen LogP contribution in [0.2, 0.25) is 0 Å². The normalized spacial score (nSPS) is 26.4. The van der Waals surface area contributed by atoms with E-state index in [-0.39, 0.29) is 30.4 Å². The van der Waals surface area contributed by atoms with Gasteiger partial charge >= 0.3 is 0 Å². The van der Waals surface area contributed by atoms with Crippen LogP contribution in [0, 0.1) is 5.92 Å². The Morgan fingerprint density at radius 2 is 2.23 bits per heavy atom. The van der Waals surface area contributed by atoms with Gasteiger partial charge in [-0.25, -0.2) is 0 Å². The molecule has 0 unspecified atom stereocenters. The first-order chi connectivity index (χ1) is 12.7. The fraction of sp³-hybridized carbons (Fsp3) is 0.650. The van der Waals surface area contributed by atoms with Crippen LogP contribution in [-0.4, -0.2) is 36.6 Å². The molecular weight excluding hydrogens is 350 g/mol. The van der Waals surface area contributed by atoms with Gasteiger partial charge in [0.1, 0.15) is 0 Å². The van der Waals surface area contributed by atoms with Gasteiger partial charge in [0, 0.05) is 31.1 Å². The predicted molar refractivity (Wildman–Crippen MR) is 102 cm³/mol. The number of carbonyl (C=O) groups excluding carboxylic acids is 1. The number of aliphatic hydroxyl groups is 1. The van der Waals surface area contributed by atoms with E-state index in [2.05, 4.69) is 22.1 Å². The molecule has 26 heavy (non-hydrogen) atoms. The monoisotopic (exact) mass is 379 g/mol. The molecule has 3 atom stereocenters. The molecule has 0 radical (unpaired) electrons. The molecule has 1 saturated carbocycles. The summed E-state index contributed by atoms with van der Waals surface area (Å²) in [5.74, 6) is 0.372. The lowest BCUT2D eigenvalue weighted by molar-refractivity contribution is -0.166. The molecule has 2 heterocycles. The highest BCUT2D eigenvalue weighted by Crippen LogP contribution is 2.40. The fourth-order valence-electron chi connectivity index (χ4n) is 3.94. The summed E-state index contributed by atoms with van der Waals surface area (Å²) in [6.07, 6.45) is 7.39. The Morgan fingerprint density at radius 1 is 1.42 bits per heavy atom. The number of rotatable bonds is 8. The van der Waals surface area contributed by atoms with Gasteiger partial charge in [0.2, 0.25) is 6.29 Å². The van der Waals surface area contributed by atoms with Crippen molar-refractivity contribution in [1.29, 1.82) is 0 Å². The van der Waals surface area contributed by atoms with Crippen molar-refractivity contribution in [3.63, 3.8) is 0 Å². The summed E-state index contributed by atoms with van der Waals surface area (Å²) in [4.78, 5) is 12.7. The first-order valence-corrected chi connectivity index (χ1v) is 10.6. The SMILES string of the molecule is CCO[C@@H]1OC(C(=O)NC2CCCC2)=C[C@H](c2ccsc2)[C@H]1CCCO. The van der Waals surface area contributed by atoms with E-state index in [1.807, 2.05) is 13.0 Å². The summed E-state index contributed by atoms with van der Waals surface area (Å²) in [6.45, 7) is 2.60. The van der Waals surface area contributed by atoms with E-state index in [4.69, 9.17) is 9.47 Å². The average molecular weight is 380 g/mol. The van der Waals surface area contributed by atoms with Crippen LogP contribution in [0.15, 0.2) is 28.7 Å². The smallest absolute Gasteiger partial charge is 0.286 e.